The first-order valence-electron chi connectivity index (χ1n) is 17.1. The van der Waals surface area contributed by atoms with Crippen LogP contribution < -0.4 is 5.32 Å². The van der Waals surface area contributed by atoms with E-state index in [9.17, 15) is 43.9 Å². The van der Waals surface area contributed by atoms with E-state index in [1.807, 2.05) is 6.92 Å². The number of carbonyl (C=O) groups is 2. The number of aliphatic hydroxyl groups is 5. The maximum absolute atomic E-state index is 13.6. The van der Waals surface area contributed by atoms with Crippen LogP contribution in [0.1, 0.15) is 71.6 Å². The molecule has 6 N–H and O–H groups in total. The van der Waals surface area contributed by atoms with E-state index < -0.39 is 98.6 Å². The summed E-state index contributed by atoms with van der Waals surface area (Å²) >= 11 is 0. The van der Waals surface area contributed by atoms with Crippen LogP contribution in [-0.2, 0) is 33.3 Å². The third kappa shape index (κ3) is 9.38. The second kappa shape index (κ2) is 17.6. The average molecular weight is 697 g/mol. The molecule has 0 bridgehead atoms. The molecule has 2 aliphatic heterocycles. The van der Waals surface area contributed by atoms with Crippen molar-refractivity contribution in [1.29, 1.82) is 0 Å². The highest BCUT2D eigenvalue weighted by Gasteiger charge is 2.52. The van der Waals surface area contributed by atoms with Gasteiger partial charge >= 0.3 is 0 Å². The van der Waals surface area contributed by atoms with Gasteiger partial charge in [-0.15, -0.1) is 0 Å². The molecule has 2 saturated carbocycles. The van der Waals surface area contributed by atoms with Crippen molar-refractivity contribution in [2.24, 2.45) is 11.8 Å². The van der Waals surface area contributed by atoms with Crippen molar-refractivity contribution in [3.8, 4) is 0 Å². The Bertz CT molecular complexity index is 1040. The average Bonchev–Trinajstić information content (AvgIpc) is 3.04. The monoisotopic (exact) mass is 696 g/mol. The van der Waals surface area contributed by atoms with E-state index in [4.69, 9.17) is 23.7 Å². The lowest BCUT2D eigenvalue weighted by Crippen LogP contribution is -2.67. The number of hydrogen-bond acceptors (Lipinski definition) is 12. The molecule has 2 aliphatic carbocycles. The topological polar surface area (TPSA) is 197 Å². The van der Waals surface area contributed by atoms with Gasteiger partial charge in [0.15, 0.2) is 12.6 Å². The van der Waals surface area contributed by atoms with Crippen molar-refractivity contribution in [1.82, 2.24) is 10.2 Å². The minimum Gasteiger partial charge on any atom is -0.394 e. The molecule has 0 aromatic rings. The Balaban J connectivity index is 1.59. The molecule has 14 nitrogen and oxygen atoms in total. The molecule has 4 aliphatic rings. The van der Waals surface area contributed by atoms with Crippen LogP contribution in [0.15, 0.2) is 0 Å². The Morgan fingerprint density at radius 1 is 0.875 bits per heavy atom. The summed E-state index contributed by atoms with van der Waals surface area (Å²) in [4.78, 5) is 27.3. The van der Waals surface area contributed by atoms with E-state index in [-0.39, 0.29) is 17.7 Å². The van der Waals surface area contributed by atoms with Crippen LogP contribution in [0.4, 0.5) is 8.78 Å². The van der Waals surface area contributed by atoms with Gasteiger partial charge in [-0.3, -0.25) is 9.59 Å². The first kappa shape index (κ1) is 39.2. The molecule has 0 aromatic carbocycles. The zero-order valence-corrected chi connectivity index (χ0v) is 28.1. The second-order valence-corrected chi connectivity index (χ2v) is 14.0. The second-order valence-electron chi connectivity index (χ2n) is 14.0. The fourth-order valence-corrected chi connectivity index (χ4v) is 7.38. The maximum atomic E-state index is 13.6. The van der Waals surface area contributed by atoms with Crippen LogP contribution in [0, 0.1) is 11.8 Å². The van der Waals surface area contributed by atoms with Crippen LogP contribution in [0.25, 0.3) is 0 Å². The summed E-state index contributed by atoms with van der Waals surface area (Å²) in [7, 11) is 3.21. The number of likely N-dealkylation sites (N-methyl/N-ethyl adjacent to an activating group) is 1. The van der Waals surface area contributed by atoms with E-state index in [0.717, 1.165) is 32.1 Å². The van der Waals surface area contributed by atoms with Crippen LogP contribution in [-0.4, -0.2) is 149 Å². The van der Waals surface area contributed by atoms with Gasteiger partial charge in [-0.05, 0) is 31.1 Å². The molecular formula is C32H54F2N2O12. The molecule has 14 atom stereocenters. The van der Waals surface area contributed by atoms with Gasteiger partial charge in [0.1, 0.15) is 54.9 Å². The van der Waals surface area contributed by atoms with Gasteiger partial charge in [0.05, 0.1) is 18.8 Å². The lowest BCUT2D eigenvalue weighted by atomic mass is 9.84. The smallest absolute Gasteiger partial charge is 0.267 e. The van der Waals surface area contributed by atoms with Crippen molar-refractivity contribution in [2.45, 2.75) is 158 Å². The number of nitrogens with one attached hydrogen (secondary N) is 1. The molecule has 0 radical (unpaired) electrons. The summed E-state index contributed by atoms with van der Waals surface area (Å²) in [5.41, 5.74) is 0. The highest BCUT2D eigenvalue weighted by molar-refractivity contribution is 5.80. The molecule has 4 rings (SSSR count). The lowest BCUT2D eigenvalue weighted by molar-refractivity contribution is -0.346. The summed E-state index contributed by atoms with van der Waals surface area (Å²) in [6.07, 6.45) is -13.6. The van der Waals surface area contributed by atoms with Crippen LogP contribution >= 0.6 is 0 Å². The fourth-order valence-electron chi connectivity index (χ4n) is 7.38. The summed E-state index contributed by atoms with van der Waals surface area (Å²) in [5.74, 6) is -0.848. The van der Waals surface area contributed by atoms with Gasteiger partial charge < -0.3 is 59.4 Å². The summed E-state index contributed by atoms with van der Waals surface area (Å²) in [6, 6.07) is -1.15. The van der Waals surface area contributed by atoms with E-state index in [1.54, 1.807) is 14.1 Å². The van der Waals surface area contributed by atoms with Gasteiger partial charge in [0.25, 0.3) is 12.3 Å². The van der Waals surface area contributed by atoms with Crippen molar-refractivity contribution in [2.75, 3.05) is 20.7 Å². The van der Waals surface area contributed by atoms with Crippen molar-refractivity contribution >= 4 is 11.8 Å². The summed E-state index contributed by atoms with van der Waals surface area (Å²) < 4.78 is 57.2. The fraction of sp³-hybridized carbons (Fsp3) is 0.938. The summed E-state index contributed by atoms with van der Waals surface area (Å²) in [5, 5.41) is 55.1. The maximum Gasteiger partial charge on any atom is 0.267 e. The SMILES string of the molecule is CC(=O)N[C@H]1[C@@H](O[C@@H]2CCCC(C)[C@H]2OC2OC(C(F)F)C(O)C(O)C2O)O[C@H](CO)[C@H](O)[C@@H]1O[C@@H](CC1CCCCC1)C(=O)N(C)C. The normalized spacial score (nSPS) is 40.4. The van der Waals surface area contributed by atoms with Crippen LogP contribution in [0.3, 0.4) is 0 Å². The van der Waals surface area contributed by atoms with Crippen molar-refractivity contribution in [3.63, 3.8) is 0 Å². The number of amides is 2. The zero-order chi connectivity index (χ0) is 35.3. The predicted octanol–water partition coefficient (Wildman–Crippen LogP) is 0.0447. The molecule has 16 heteroatoms. The van der Waals surface area contributed by atoms with Crippen molar-refractivity contribution < 1.29 is 67.6 Å². The van der Waals surface area contributed by atoms with E-state index in [2.05, 4.69) is 5.32 Å². The first-order chi connectivity index (χ1) is 22.7. The summed E-state index contributed by atoms with van der Waals surface area (Å²) in [6.45, 7) is 2.45. The number of halogens is 2. The number of hydrogen-bond donors (Lipinski definition) is 6. The minimum atomic E-state index is -3.17. The van der Waals surface area contributed by atoms with Gasteiger partial charge in [0, 0.05) is 21.0 Å². The number of aliphatic hydroxyl groups excluding tert-OH is 5. The lowest BCUT2D eigenvalue weighted by Gasteiger charge is -2.48. The number of ether oxygens (including phenoxy) is 5. The van der Waals surface area contributed by atoms with E-state index >= 15 is 0 Å². The van der Waals surface area contributed by atoms with Gasteiger partial charge in [-0.25, -0.2) is 8.78 Å². The van der Waals surface area contributed by atoms with Crippen molar-refractivity contribution in [3.05, 3.63) is 0 Å². The molecule has 2 saturated heterocycles. The zero-order valence-electron chi connectivity index (χ0n) is 28.1. The van der Waals surface area contributed by atoms with Crippen LogP contribution in [0.5, 0.6) is 0 Å². The molecule has 48 heavy (non-hydrogen) atoms. The number of nitrogens with zero attached hydrogens (tertiary/aromatic N) is 1. The Hall–Kier alpha value is -1.60. The molecular weight excluding hydrogens is 642 g/mol. The third-order valence-corrected chi connectivity index (χ3v) is 10.1. The van der Waals surface area contributed by atoms with E-state index in [0.29, 0.717) is 25.7 Å². The van der Waals surface area contributed by atoms with Gasteiger partial charge in [-0.1, -0.05) is 45.4 Å². The Morgan fingerprint density at radius 2 is 1.56 bits per heavy atom. The molecule has 2 heterocycles. The number of carbonyl (C=O) groups excluding carboxylic acids is 2. The molecule has 6 unspecified atom stereocenters. The minimum absolute atomic E-state index is 0.229. The largest absolute Gasteiger partial charge is 0.394 e. The highest BCUT2D eigenvalue weighted by Crippen LogP contribution is 2.37. The highest BCUT2D eigenvalue weighted by atomic mass is 19.3. The standard InChI is InChI=1S/C32H54F2N2O12/c1-15-9-8-12-18(26(15)47-32-25(42)23(40)24(41)28(48-32)29(33)34)45-31-21(35-16(2)38)27(22(39)20(14-37)46-31)44-19(30(43)36(3)4)13-17-10-6-5-7-11-17/h15,17-29,31-32,37,39-42H,5-14H2,1-4H3,(H,35,38)/t15?,18-,19+,20-,21-,22+,23?,24?,25?,26-,27-,28?,31+,32?/m1/s1. The van der Waals surface area contributed by atoms with Gasteiger partial charge in [0.2, 0.25) is 5.91 Å². The molecule has 4 fully saturated rings. The third-order valence-electron chi connectivity index (χ3n) is 10.1. The predicted molar refractivity (Wildman–Crippen MR) is 163 cm³/mol. The number of rotatable bonds is 12. The van der Waals surface area contributed by atoms with Crippen LogP contribution in [0.2, 0.25) is 0 Å². The number of alkyl halides is 2. The Morgan fingerprint density at radius 3 is 2.17 bits per heavy atom. The molecule has 0 spiro atoms. The quantitative estimate of drug-likeness (QED) is 0.161. The van der Waals surface area contributed by atoms with Gasteiger partial charge in [-0.2, -0.15) is 0 Å². The molecule has 278 valence electrons. The van der Waals surface area contributed by atoms with E-state index in [1.165, 1.54) is 11.8 Å². The molecule has 0 aromatic heterocycles. The Labute approximate surface area is 280 Å². The molecule has 2 amide bonds. The Kier molecular flexibility index (Phi) is 14.3. The first-order valence-corrected chi connectivity index (χ1v) is 17.1.